The van der Waals surface area contributed by atoms with Crippen LogP contribution in [0.4, 0.5) is 23.0 Å². The SMILES string of the molecule is C=CC(=O)Nc1cc(Nc2nccc(C3=CC(C)=CCC3=O)n2)c(OC)cc1N(C)CCN(C)C. The Morgan fingerprint density at radius 1 is 1.23 bits per heavy atom. The number of methoxy groups -OCH3 is 1. The minimum absolute atomic E-state index is 0.0115. The third-order valence-electron chi connectivity index (χ3n) is 5.51. The van der Waals surface area contributed by atoms with E-state index >= 15 is 0 Å². The number of allylic oxidation sites excluding steroid dienone is 4. The lowest BCUT2D eigenvalue weighted by molar-refractivity contribution is -0.113. The van der Waals surface area contributed by atoms with Crippen molar-refractivity contribution in [3.63, 3.8) is 0 Å². The molecule has 0 unspecified atom stereocenters. The molecule has 9 heteroatoms. The van der Waals surface area contributed by atoms with Gasteiger partial charge in [-0.1, -0.05) is 18.2 Å². The van der Waals surface area contributed by atoms with Gasteiger partial charge in [-0.25, -0.2) is 9.97 Å². The van der Waals surface area contributed by atoms with Crippen LogP contribution in [0.2, 0.25) is 0 Å². The van der Waals surface area contributed by atoms with Gasteiger partial charge in [-0.05, 0) is 45.3 Å². The summed E-state index contributed by atoms with van der Waals surface area (Å²) in [5.74, 6) is 0.538. The first-order valence-electron chi connectivity index (χ1n) is 11.2. The molecule has 0 aliphatic heterocycles. The lowest BCUT2D eigenvalue weighted by atomic mass is 9.96. The van der Waals surface area contributed by atoms with E-state index in [0.717, 1.165) is 24.4 Å². The molecule has 1 amide bonds. The molecule has 2 N–H and O–H groups in total. The van der Waals surface area contributed by atoms with Crippen LogP contribution in [0.3, 0.4) is 0 Å². The zero-order valence-electron chi connectivity index (χ0n) is 20.9. The number of carbonyl (C=O) groups is 2. The highest BCUT2D eigenvalue weighted by Crippen LogP contribution is 2.38. The summed E-state index contributed by atoms with van der Waals surface area (Å²) in [5.41, 5.74) is 4.05. The van der Waals surface area contributed by atoms with Crippen LogP contribution in [-0.4, -0.2) is 67.9 Å². The number of ether oxygens (including phenoxy) is 1. The summed E-state index contributed by atoms with van der Waals surface area (Å²) in [5, 5.41) is 6.04. The number of aromatic nitrogens is 2. The number of anilines is 4. The lowest BCUT2D eigenvalue weighted by Gasteiger charge is -2.26. The number of benzene rings is 1. The fourth-order valence-corrected chi connectivity index (χ4v) is 3.54. The second kappa shape index (κ2) is 11.4. The number of nitrogens with one attached hydrogen (secondary N) is 2. The van der Waals surface area contributed by atoms with E-state index in [1.165, 1.54) is 6.08 Å². The lowest BCUT2D eigenvalue weighted by Crippen LogP contribution is -2.29. The first kappa shape index (κ1) is 25.6. The Kier molecular flexibility index (Phi) is 8.38. The Morgan fingerprint density at radius 2 is 2.00 bits per heavy atom. The molecule has 0 fully saturated rings. The molecule has 0 bridgehead atoms. The van der Waals surface area contributed by atoms with Crippen LogP contribution >= 0.6 is 0 Å². The van der Waals surface area contributed by atoms with Crippen molar-refractivity contribution in [2.24, 2.45) is 0 Å². The topological polar surface area (TPSA) is 99.7 Å². The van der Waals surface area contributed by atoms with Gasteiger partial charge in [0, 0.05) is 44.4 Å². The van der Waals surface area contributed by atoms with E-state index in [2.05, 4.69) is 32.1 Å². The number of amides is 1. The fraction of sp³-hybridized carbons (Fsp3) is 0.308. The third kappa shape index (κ3) is 6.54. The van der Waals surface area contributed by atoms with E-state index < -0.39 is 0 Å². The maximum absolute atomic E-state index is 12.4. The van der Waals surface area contributed by atoms with Crippen LogP contribution in [0.15, 0.2) is 54.8 Å². The quantitative estimate of drug-likeness (QED) is 0.502. The zero-order chi connectivity index (χ0) is 25.5. The van der Waals surface area contributed by atoms with E-state index in [4.69, 9.17) is 4.74 Å². The van der Waals surface area contributed by atoms with Gasteiger partial charge >= 0.3 is 0 Å². The van der Waals surface area contributed by atoms with E-state index in [1.54, 1.807) is 25.4 Å². The van der Waals surface area contributed by atoms with Crippen molar-refractivity contribution in [1.29, 1.82) is 0 Å². The second-order valence-electron chi connectivity index (χ2n) is 8.51. The number of hydrogen-bond donors (Lipinski definition) is 2. The number of ketones is 1. The molecule has 1 heterocycles. The minimum Gasteiger partial charge on any atom is -0.494 e. The Labute approximate surface area is 206 Å². The van der Waals surface area contributed by atoms with Crippen molar-refractivity contribution in [1.82, 2.24) is 14.9 Å². The van der Waals surface area contributed by atoms with Crippen molar-refractivity contribution in [2.75, 3.05) is 56.9 Å². The molecule has 1 aromatic heterocycles. The summed E-state index contributed by atoms with van der Waals surface area (Å²) < 4.78 is 5.64. The summed E-state index contributed by atoms with van der Waals surface area (Å²) >= 11 is 0. The Hall–Kier alpha value is -3.98. The second-order valence-corrected chi connectivity index (χ2v) is 8.51. The number of likely N-dealkylation sites (N-methyl/N-ethyl adjacent to an activating group) is 2. The monoisotopic (exact) mass is 476 g/mol. The predicted molar refractivity (Wildman–Crippen MR) is 140 cm³/mol. The Bertz CT molecular complexity index is 1190. The van der Waals surface area contributed by atoms with Crippen molar-refractivity contribution < 1.29 is 14.3 Å². The van der Waals surface area contributed by atoms with Crippen LogP contribution in [0.1, 0.15) is 19.0 Å². The minimum atomic E-state index is -0.326. The molecular weight excluding hydrogens is 444 g/mol. The third-order valence-corrected chi connectivity index (χ3v) is 5.51. The van der Waals surface area contributed by atoms with Crippen LogP contribution < -0.4 is 20.3 Å². The van der Waals surface area contributed by atoms with Gasteiger partial charge in [0.15, 0.2) is 5.78 Å². The van der Waals surface area contributed by atoms with Crippen molar-refractivity contribution in [3.05, 3.63) is 60.5 Å². The van der Waals surface area contributed by atoms with Gasteiger partial charge in [0.1, 0.15) is 5.75 Å². The molecule has 0 atom stereocenters. The Morgan fingerprint density at radius 3 is 2.69 bits per heavy atom. The molecule has 2 aromatic rings. The maximum atomic E-state index is 12.4. The van der Waals surface area contributed by atoms with Crippen LogP contribution in [0, 0.1) is 0 Å². The highest BCUT2D eigenvalue weighted by molar-refractivity contribution is 6.22. The summed E-state index contributed by atoms with van der Waals surface area (Å²) in [6, 6.07) is 5.33. The Balaban J connectivity index is 1.98. The van der Waals surface area contributed by atoms with Gasteiger partial charge in [-0.2, -0.15) is 0 Å². The van der Waals surface area contributed by atoms with E-state index in [-0.39, 0.29) is 11.7 Å². The van der Waals surface area contributed by atoms with E-state index in [1.807, 2.05) is 51.2 Å². The molecule has 0 saturated heterocycles. The number of carbonyl (C=O) groups excluding carboxylic acids is 2. The molecule has 3 rings (SSSR count). The number of Topliss-reactive ketones (excluding diaryl/α,β-unsaturated/α-hetero) is 1. The molecule has 1 aliphatic rings. The highest BCUT2D eigenvalue weighted by atomic mass is 16.5. The standard InChI is InChI=1S/C26H32N6O3/c1-7-25(34)28-20-15-21(24(35-6)16-22(20)32(5)13-12-31(3)4)30-26-27-11-10-19(29-26)18-14-17(2)8-9-23(18)33/h7-8,10-11,14-16H,1,9,12-13H2,2-6H3,(H,28,34)(H,27,29,30). The molecule has 9 nitrogen and oxygen atoms in total. The molecule has 1 aliphatic carbocycles. The average molecular weight is 477 g/mol. The van der Waals surface area contributed by atoms with Gasteiger partial charge < -0.3 is 25.2 Å². The molecular formula is C26H32N6O3. The van der Waals surface area contributed by atoms with Crippen molar-refractivity contribution in [3.8, 4) is 5.75 Å². The molecule has 0 radical (unpaired) electrons. The van der Waals surface area contributed by atoms with E-state index in [9.17, 15) is 9.59 Å². The van der Waals surface area contributed by atoms with Gasteiger partial charge in [-0.15, -0.1) is 0 Å². The maximum Gasteiger partial charge on any atom is 0.247 e. The first-order valence-corrected chi connectivity index (χ1v) is 11.2. The van der Waals surface area contributed by atoms with Crippen molar-refractivity contribution >= 4 is 40.3 Å². The fourth-order valence-electron chi connectivity index (χ4n) is 3.54. The highest BCUT2D eigenvalue weighted by Gasteiger charge is 2.19. The zero-order valence-corrected chi connectivity index (χ0v) is 20.9. The molecule has 0 spiro atoms. The van der Waals surface area contributed by atoms with Gasteiger partial charge in [0.25, 0.3) is 0 Å². The van der Waals surface area contributed by atoms with Crippen LogP contribution in [-0.2, 0) is 9.59 Å². The van der Waals surface area contributed by atoms with E-state index in [0.29, 0.717) is 40.8 Å². The number of hydrogen-bond acceptors (Lipinski definition) is 8. The van der Waals surface area contributed by atoms with Gasteiger partial charge in [0.05, 0.1) is 29.9 Å². The molecule has 1 aromatic carbocycles. The predicted octanol–water partition coefficient (Wildman–Crippen LogP) is 3.65. The summed E-state index contributed by atoms with van der Waals surface area (Å²) in [4.78, 5) is 37.5. The molecule has 35 heavy (non-hydrogen) atoms. The van der Waals surface area contributed by atoms with Crippen LogP contribution in [0.25, 0.3) is 5.57 Å². The summed E-state index contributed by atoms with van der Waals surface area (Å²) in [6.07, 6.45) is 6.90. The van der Waals surface area contributed by atoms with Gasteiger partial charge in [0.2, 0.25) is 11.9 Å². The number of nitrogens with zero attached hydrogens (tertiary/aromatic N) is 4. The number of rotatable bonds is 10. The molecule has 0 saturated carbocycles. The van der Waals surface area contributed by atoms with Gasteiger partial charge in [-0.3, -0.25) is 9.59 Å². The first-order chi connectivity index (χ1) is 16.7. The van der Waals surface area contributed by atoms with Crippen LogP contribution in [0.5, 0.6) is 5.75 Å². The molecule has 184 valence electrons. The smallest absolute Gasteiger partial charge is 0.247 e. The summed E-state index contributed by atoms with van der Waals surface area (Å²) in [7, 11) is 7.53. The van der Waals surface area contributed by atoms with Crippen molar-refractivity contribution in [2.45, 2.75) is 13.3 Å². The largest absolute Gasteiger partial charge is 0.494 e. The average Bonchev–Trinajstić information content (AvgIpc) is 2.84. The normalized spacial score (nSPS) is 13.1. The summed E-state index contributed by atoms with van der Waals surface area (Å²) in [6.45, 7) is 7.07.